The number of ketones is 1. The summed E-state index contributed by atoms with van der Waals surface area (Å²) in [5, 5.41) is 18.3. The van der Waals surface area contributed by atoms with Crippen molar-refractivity contribution < 1.29 is 24.1 Å². The van der Waals surface area contributed by atoms with E-state index >= 15 is 0 Å². The summed E-state index contributed by atoms with van der Waals surface area (Å²) in [4.78, 5) is 10.9. The average Bonchev–Trinajstić information content (AvgIpc) is 2.11. The quantitative estimate of drug-likeness (QED) is 0.560. The molecule has 0 aliphatic carbocycles. The Morgan fingerprint density at radius 3 is 2.50 bits per heavy atom. The minimum atomic E-state index is -0.977. The maximum absolute atomic E-state index is 13.3. The lowest BCUT2D eigenvalue weighted by molar-refractivity contribution is 0.100. The molecule has 0 saturated heterocycles. The number of carbonyl (C=O) groups is 1. The topological polar surface area (TPSA) is 66.8 Å². The fourth-order valence-electron chi connectivity index (χ4n) is 1.08. The molecule has 0 atom stereocenters. The summed E-state index contributed by atoms with van der Waals surface area (Å²) in [5.74, 6) is -3.31. The molecule has 76 valence electrons. The van der Waals surface area contributed by atoms with Gasteiger partial charge in [0.1, 0.15) is 5.56 Å². The highest BCUT2D eigenvalue weighted by molar-refractivity contribution is 5.98. The van der Waals surface area contributed by atoms with Gasteiger partial charge < -0.3 is 14.9 Å². The second-order valence-corrected chi connectivity index (χ2v) is 2.69. The molecule has 0 bridgehead atoms. The Bertz CT molecular complexity index is 387. The summed E-state index contributed by atoms with van der Waals surface area (Å²) in [6.07, 6.45) is 0. The Kier molecular flexibility index (Phi) is 2.60. The molecule has 0 fully saturated rings. The molecule has 0 amide bonds. The molecule has 1 aromatic carbocycles. The Balaban J connectivity index is 3.53. The van der Waals surface area contributed by atoms with E-state index in [0.717, 1.165) is 13.0 Å². The zero-order valence-corrected chi connectivity index (χ0v) is 7.67. The third kappa shape index (κ3) is 1.48. The molecule has 2 N–H and O–H groups in total. The van der Waals surface area contributed by atoms with E-state index in [1.54, 1.807) is 0 Å². The fourth-order valence-corrected chi connectivity index (χ4v) is 1.08. The first-order valence-electron chi connectivity index (χ1n) is 3.78. The Morgan fingerprint density at radius 2 is 2.07 bits per heavy atom. The van der Waals surface area contributed by atoms with Crippen LogP contribution in [-0.2, 0) is 0 Å². The van der Waals surface area contributed by atoms with E-state index in [0.29, 0.717) is 0 Å². The van der Waals surface area contributed by atoms with Crippen molar-refractivity contribution in [1.29, 1.82) is 0 Å². The SMILES string of the molecule is COc1cc(O)c(O)c(C(C)=O)c1F. The number of benzene rings is 1. The number of hydrogen-bond donors (Lipinski definition) is 2. The molecule has 0 aliphatic rings. The Labute approximate surface area is 79.6 Å². The predicted octanol–water partition coefficient (Wildman–Crippen LogP) is 1.45. The van der Waals surface area contributed by atoms with Crippen molar-refractivity contribution in [3.63, 3.8) is 0 Å². The van der Waals surface area contributed by atoms with E-state index in [9.17, 15) is 14.3 Å². The molecule has 0 aromatic heterocycles. The standard InChI is InChI=1S/C9H9FO4/c1-4(11)7-8(10)6(14-2)3-5(12)9(7)13/h3,12-13H,1-2H3. The predicted molar refractivity (Wildman–Crippen MR) is 46.3 cm³/mol. The molecule has 0 radical (unpaired) electrons. The maximum atomic E-state index is 13.3. The van der Waals surface area contributed by atoms with Crippen molar-refractivity contribution >= 4 is 5.78 Å². The van der Waals surface area contributed by atoms with Crippen LogP contribution < -0.4 is 4.74 Å². The van der Waals surface area contributed by atoms with Gasteiger partial charge in [-0.15, -0.1) is 0 Å². The smallest absolute Gasteiger partial charge is 0.179 e. The van der Waals surface area contributed by atoms with Crippen molar-refractivity contribution in [3.05, 3.63) is 17.4 Å². The van der Waals surface area contributed by atoms with E-state index in [-0.39, 0.29) is 5.75 Å². The summed E-state index contributed by atoms with van der Waals surface area (Å²) >= 11 is 0. The molecule has 0 saturated carbocycles. The van der Waals surface area contributed by atoms with E-state index in [1.165, 1.54) is 7.11 Å². The van der Waals surface area contributed by atoms with Gasteiger partial charge in [-0.25, -0.2) is 4.39 Å². The minimum absolute atomic E-state index is 0.287. The zero-order chi connectivity index (χ0) is 10.9. The molecular formula is C9H9FO4. The molecule has 14 heavy (non-hydrogen) atoms. The van der Waals surface area contributed by atoms with E-state index in [2.05, 4.69) is 4.74 Å². The number of carbonyl (C=O) groups excluding carboxylic acids is 1. The van der Waals surface area contributed by atoms with Crippen LogP contribution in [0.25, 0.3) is 0 Å². The maximum Gasteiger partial charge on any atom is 0.179 e. The largest absolute Gasteiger partial charge is 0.504 e. The second kappa shape index (κ2) is 3.53. The van der Waals surface area contributed by atoms with Crippen molar-refractivity contribution in [3.8, 4) is 17.2 Å². The first kappa shape index (κ1) is 10.3. The number of Topliss-reactive ketones (excluding diaryl/α,β-unsaturated/α-hetero) is 1. The van der Waals surface area contributed by atoms with Crippen LogP contribution in [0.2, 0.25) is 0 Å². The number of methoxy groups -OCH3 is 1. The van der Waals surface area contributed by atoms with Crippen LogP contribution in [-0.4, -0.2) is 23.1 Å². The van der Waals surface area contributed by atoms with Gasteiger partial charge in [-0.1, -0.05) is 0 Å². The third-order valence-corrected chi connectivity index (χ3v) is 1.76. The minimum Gasteiger partial charge on any atom is -0.504 e. The summed E-state index contributed by atoms with van der Waals surface area (Å²) in [7, 11) is 1.19. The first-order chi connectivity index (χ1) is 6.49. The lowest BCUT2D eigenvalue weighted by Gasteiger charge is -2.08. The highest BCUT2D eigenvalue weighted by Gasteiger charge is 2.21. The summed E-state index contributed by atoms with van der Waals surface area (Å²) < 4.78 is 17.9. The molecule has 0 unspecified atom stereocenters. The number of phenols is 2. The van der Waals surface area contributed by atoms with Crippen LogP contribution in [0.5, 0.6) is 17.2 Å². The van der Waals surface area contributed by atoms with Crippen molar-refractivity contribution in [2.45, 2.75) is 6.92 Å². The van der Waals surface area contributed by atoms with Crippen LogP contribution in [0.1, 0.15) is 17.3 Å². The Hall–Kier alpha value is -1.78. The molecule has 5 heteroatoms. The molecule has 0 heterocycles. The number of halogens is 1. The zero-order valence-electron chi connectivity index (χ0n) is 7.67. The van der Waals surface area contributed by atoms with Gasteiger partial charge in [0.25, 0.3) is 0 Å². The summed E-state index contributed by atoms with van der Waals surface area (Å²) in [6.45, 7) is 1.08. The second-order valence-electron chi connectivity index (χ2n) is 2.69. The fraction of sp³-hybridized carbons (Fsp3) is 0.222. The van der Waals surface area contributed by atoms with Gasteiger partial charge in [0.2, 0.25) is 0 Å². The first-order valence-corrected chi connectivity index (χ1v) is 3.78. The molecule has 4 nitrogen and oxygen atoms in total. The van der Waals surface area contributed by atoms with Crippen LogP contribution in [0.3, 0.4) is 0 Å². The third-order valence-electron chi connectivity index (χ3n) is 1.76. The highest BCUT2D eigenvalue weighted by Crippen LogP contribution is 2.36. The van der Waals surface area contributed by atoms with E-state index in [1.807, 2.05) is 0 Å². The molecule has 1 aromatic rings. The number of hydrogen-bond acceptors (Lipinski definition) is 4. The summed E-state index contributed by atoms with van der Waals surface area (Å²) in [5.41, 5.74) is -0.568. The van der Waals surface area contributed by atoms with Crippen molar-refractivity contribution in [2.75, 3.05) is 7.11 Å². The van der Waals surface area contributed by atoms with Gasteiger partial charge in [-0.3, -0.25) is 4.79 Å². The van der Waals surface area contributed by atoms with Gasteiger partial charge in [0.15, 0.2) is 28.8 Å². The number of rotatable bonds is 2. The molecular weight excluding hydrogens is 191 g/mol. The van der Waals surface area contributed by atoms with Crippen LogP contribution in [0.15, 0.2) is 6.07 Å². The average molecular weight is 200 g/mol. The Morgan fingerprint density at radius 1 is 1.50 bits per heavy atom. The monoisotopic (exact) mass is 200 g/mol. The summed E-state index contributed by atoms with van der Waals surface area (Å²) in [6, 6.07) is 0.900. The van der Waals surface area contributed by atoms with Crippen molar-refractivity contribution in [2.24, 2.45) is 0 Å². The van der Waals surface area contributed by atoms with Gasteiger partial charge in [0, 0.05) is 6.07 Å². The molecule has 0 spiro atoms. The molecule has 1 rings (SSSR count). The van der Waals surface area contributed by atoms with Crippen LogP contribution in [0.4, 0.5) is 4.39 Å². The van der Waals surface area contributed by atoms with Crippen LogP contribution >= 0.6 is 0 Å². The van der Waals surface area contributed by atoms with Gasteiger partial charge in [-0.2, -0.15) is 0 Å². The number of phenolic OH excluding ortho intramolecular Hbond substituents is 2. The van der Waals surface area contributed by atoms with Gasteiger partial charge >= 0.3 is 0 Å². The lowest BCUT2D eigenvalue weighted by atomic mass is 10.1. The van der Waals surface area contributed by atoms with E-state index in [4.69, 9.17) is 5.11 Å². The lowest BCUT2D eigenvalue weighted by Crippen LogP contribution is -2.00. The normalized spacial score (nSPS) is 9.93. The van der Waals surface area contributed by atoms with E-state index < -0.39 is 28.7 Å². The van der Waals surface area contributed by atoms with Gasteiger partial charge in [-0.05, 0) is 6.92 Å². The number of ether oxygens (including phenoxy) is 1. The van der Waals surface area contributed by atoms with Crippen LogP contribution in [0, 0.1) is 5.82 Å². The van der Waals surface area contributed by atoms with Gasteiger partial charge in [0.05, 0.1) is 7.11 Å². The highest BCUT2D eigenvalue weighted by atomic mass is 19.1. The molecule has 0 aliphatic heterocycles. The number of aromatic hydroxyl groups is 2. The van der Waals surface area contributed by atoms with Crippen molar-refractivity contribution in [1.82, 2.24) is 0 Å².